The summed E-state index contributed by atoms with van der Waals surface area (Å²) in [6.45, 7) is 2.26. The van der Waals surface area contributed by atoms with E-state index in [0.29, 0.717) is 0 Å². The number of nitrogens with one attached hydrogen (secondary N) is 1. The number of benzene rings is 2. The third kappa shape index (κ3) is 3.79. The lowest BCUT2D eigenvalue weighted by molar-refractivity contribution is 0.608. The monoisotopic (exact) mass is 307 g/mol. The van der Waals surface area contributed by atoms with Gasteiger partial charge in [0.15, 0.2) is 0 Å². The van der Waals surface area contributed by atoms with Gasteiger partial charge in [0.25, 0.3) is 0 Å². The molecule has 1 N–H and O–H groups in total. The van der Waals surface area contributed by atoms with Crippen LogP contribution in [0.5, 0.6) is 0 Å². The molecule has 1 aromatic heterocycles. The first-order chi connectivity index (χ1) is 11.4. The van der Waals surface area contributed by atoms with Crippen LogP contribution in [-0.2, 0) is 6.42 Å². The SMILES string of the molecule is CCCCCCCCc1ccccc1-c1cccc2n[nH]nc12. The molecule has 3 aromatic rings. The summed E-state index contributed by atoms with van der Waals surface area (Å²) in [6, 6.07) is 14.9. The van der Waals surface area contributed by atoms with Gasteiger partial charge in [0, 0.05) is 5.56 Å². The van der Waals surface area contributed by atoms with Crippen molar-refractivity contribution in [1.82, 2.24) is 15.4 Å². The van der Waals surface area contributed by atoms with Crippen LogP contribution < -0.4 is 0 Å². The molecule has 0 saturated heterocycles. The summed E-state index contributed by atoms with van der Waals surface area (Å²) >= 11 is 0. The van der Waals surface area contributed by atoms with Crippen molar-refractivity contribution in [3.05, 3.63) is 48.0 Å². The largest absolute Gasteiger partial charge is 0.197 e. The summed E-state index contributed by atoms with van der Waals surface area (Å²) in [5.41, 5.74) is 5.77. The van der Waals surface area contributed by atoms with Gasteiger partial charge in [0.05, 0.1) is 0 Å². The molecule has 3 nitrogen and oxygen atoms in total. The molecule has 0 bridgehead atoms. The first-order valence-corrected chi connectivity index (χ1v) is 8.78. The molecule has 0 aliphatic carbocycles. The molecule has 0 aliphatic rings. The maximum Gasteiger partial charge on any atom is 0.120 e. The van der Waals surface area contributed by atoms with Gasteiger partial charge in [-0.05, 0) is 30.0 Å². The zero-order valence-corrected chi connectivity index (χ0v) is 13.9. The molecule has 120 valence electrons. The number of para-hydroxylation sites is 1. The van der Waals surface area contributed by atoms with Crippen LogP contribution in [0.1, 0.15) is 51.0 Å². The summed E-state index contributed by atoms with van der Waals surface area (Å²) in [5.74, 6) is 0. The Bertz CT molecular complexity index is 745. The Hall–Kier alpha value is -2.16. The molecule has 0 amide bonds. The number of hydrogen-bond donors (Lipinski definition) is 1. The third-order valence-electron chi connectivity index (χ3n) is 4.45. The normalized spacial score (nSPS) is 11.2. The van der Waals surface area contributed by atoms with Crippen LogP contribution in [0.2, 0.25) is 0 Å². The summed E-state index contributed by atoms with van der Waals surface area (Å²) in [7, 11) is 0. The summed E-state index contributed by atoms with van der Waals surface area (Å²) < 4.78 is 0. The predicted molar refractivity (Wildman–Crippen MR) is 96.4 cm³/mol. The molecule has 0 spiro atoms. The van der Waals surface area contributed by atoms with Gasteiger partial charge >= 0.3 is 0 Å². The molecule has 0 unspecified atom stereocenters. The van der Waals surface area contributed by atoms with Gasteiger partial charge < -0.3 is 0 Å². The van der Waals surface area contributed by atoms with Gasteiger partial charge in [-0.2, -0.15) is 15.4 Å². The first-order valence-electron chi connectivity index (χ1n) is 8.78. The lowest BCUT2D eigenvalue weighted by atomic mass is 9.95. The first kappa shape index (κ1) is 15.7. The van der Waals surface area contributed by atoms with Gasteiger partial charge in [-0.15, -0.1) is 0 Å². The van der Waals surface area contributed by atoms with Crippen molar-refractivity contribution in [2.45, 2.75) is 51.9 Å². The van der Waals surface area contributed by atoms with E-state index in [1.54, 1.807) is 0 Å². The Morgan fingerprint density at radius 1 is 0.783 bits per heavy atom. The molecule has 0 atom stereocenters. The quantitative estimate of drug-likeness (QED) is 0.556. The van der Waals surface area contributed by atoms with Gasteiger partial charge in [0.1, 0.15) is 11.0 Å². The number of aromatic amines is 1. The Morgan fingerprint density at radius 3 is 2.48 bits per heavy atom. The molecule has 1 heterocycles. The second-order valence-electron chi connectivity index (χ2n) is 6.17. The second kappa shape index (κ2) is 7.91. The van der Waals surface area contributed by atoms with Crippen LogP contribution >= 0.6 is 0 Å². The molecular weight excluding hydrogens is 282 g/mol. The van der Waals surface area contributed by atoms with E-state index in [-0.39, 0.29) is 0 Å². The molecule has 2 aromatic carbocycles. The van der Waals surface area contributed by atoms with Gasteiger partial charge in [-0.3, -0.25) is 0 Å². The fourth-order valence-corrected chi connectivity index (χ4v) is 3.18. The lowest BCUT2D eigenvalue weighted by Gasteiger charge is -2.10. The smallest absolute Gasteiger partial charge is 0.120 e. The number of nitrogens with zero attached hydrogens (tertiary/aromatic N) is 2. The van der Waals surface area contributed by atoms with Crippen LogP contribution in [0.25, 0.3) is 22.2 Å². The van der Waals surface area contributed by atoms with E-state index in [9.17, 15) is 0 Å². The molecule has 0 radical (unpaired) electrons. The van der Waals surface area contributed by atoms with Crippen molar-refractivity contribution in [3.63, 3.8) is 0 Å². The minimum absolute atomic E-state index is 0.928. The van der Waals surface area contributed by atoms with E-state index in [4.69, 9.17) is 0 Å². The number of fused-ring (bicyclic) bond motifs is 1. The molecule has 3 rings (SSSR count). The van der Waals surface area contributed by atoms with Gasteiger partial charge in [-0.1, -0.05) is 75.4 Å². The summed E-state index contributed by atoms with van der Waals surface area (Å²) in [6.07, 6.45) is 9.12. The molecule has 0 aliphatic heterocycles. The number of aromatic nitrogens is 3. The Kier molecular flexibility index (Phi) is 5.41. The number of hydrogen-bond acceptors (Lipinski definition) is 2. The topological polar surface area (TPSA) is 41.6 Å². The molecule has 23 heavy (non-hydrogen) atoms. The van der Waals surface area contributed by atoms with Crippen molar-refractivity contribution in [2.75, 3.05) is 0 Å². The number of unbranched alkanes of at least 4 members (excludes halogenated alkanes) is 5. The average Bonchev–Trinajstić information content (AvgIpc) is 3.07. The highest BCUT2D eigenvalue weighted by molar-refractivity contribution is 5.92. The molecule has 0 fully saturated rings. The Balaban J connectivity index is 1.75. The average molecular weight is 307 g/mol. The van der Waals surface area contributed by atoms with E-state index < -0.39 is 0 Å². The van der Waals surface area contributed by atoms with Crippen molar-refractivity contribution >= 4 is 11.0 Å². The Morgan fingerprint density at radius 2 is 1.57 bits per heavy atom. The summed E-state index contributed by atoms with van der Waals surface area (Å²) in [5, 5.41) is 11.3. The fourth-order valence-electron chi connectivity index (χ4n) is 3.18. The van der Waals surface area contributed by atoms with Crippen molar-refractivity contribution in [2.24, 2.45) is 0 Å². The van der Waals surface area contributed by atoms with E-state index in [2.05, 4.69) is 58.7 Å². The highest BCUT2D eigenvalue weighted by Gasteiger charge is 2.10. The maximum absolute atomic E-state index is 4.33. The zero-order valence-electron chi connectivity index (χ0n) is 13.9. The zero-order chi connectivity index (χ0) is 15.9. The highest BCUT2D eigenvalue weighted by atomic mass is 15.3. The van der Waals surface area contributed by atoms with E-state index >= 15 is 0 Å². The summed E-state index contributed by atoms with van der Waals surface area (Å²) in [4.78, 5) is 0. The Labute approximate surface area is 138 Å². The lowest BCUT2D eigenvalue weighted by Crippen LogP contribution is -1.92. The second-order valence-corrected chi connectivity index (χ2v) is 6.17. The molecule has 3 heteroatoms. The third-order valence-corrected chi connectivity index (χ3v) is 4.45. The maximum atomic E-state index is 4.33. The van der Waals surface area contributed by atoms with Crippen LogP contribution in [0, 0.1) is 0 Å². The number of aryl methyl sites for hydroxylation is 1. The van der Waals surface area contributed by atoms with Crippen LogP contribution in [-0.4, -0.2) is 15.4 Å². The van der Waals surface area contributed by atoms with Crippen molar-refractivity contribution < 1.29 is 0 Å². The van der Waals surface area contributed by atoms with E-state index in [1.165, 1.54) is 55.2 Å². The van der Waals surface area contributed by atoms with Crippen LogP contribution in [0.4, 0.5) is 0 Å². The van der Waals surface area contributed by atoms with Crippen molar-refractivity contribution in [3.8, 4) is 11.1 Å². The predicted octanol–water partition coefficient (Wildman–Crippen LogP) is 5.53. The number of H-pyrrole nitrogens is 1. The minimum Gasteiger partial charge on any atom is -0.197 e. The van der Waals surface area contributed by atoms with Crippen molar-refractivity contribution in [1.29, 1.82) is 0 Å². The minimum atomic E-state index is 0.928. The number of rotatable bonds is 8. The standard InChI is InChI=1S/C20H25N3/c1-2-3-4-5-6-7-11-16-12-8-9-13-17(16)18-14-10-15-19-20(18)22-23-21-19/h8-10,12-15H,2-7,11H2,1H3,(H,21,22,23). The van der Waals surface area contributed by atoms with Crippen LogP contribution in [0.3, 0.4) is 0 Å². The fraction of sp³-hybridized carbons (Fsp3) is 0.400. The van der Waals surface area contributed by atoms with Gasteiger partial charge in [0.2, 0.25) is 0 Å². The van der Waals surface area contributed by atoms with E-state index in [0.717, 1.165) is 17.5 Å². The van der Waals surface area contributed by atoms with E-state index in [1.807, 2.05) is 6.07 Å². The highest BCUT2D eigenvalue weighted by Crippen LogP contribution is 2.29. The van der Waals surface area contributed by atoms with Gasteiger partial charge in [-0.25, -0.2) is 0 Å². The molecular formula is C20H25N3. The molecule has 0 saturated carbocycles. The van der Waals surface area contributed by atoms with Crippen LogP contribution in [0.15, 0.2) is 42.5 Å².